The fourth-order valence-electron chi connectivity index (χ4n) is 3.89. The summed E-state index contributed by atoms with van der Waals surface area (Å²) in [5.41, 5.74) is 8.26. The Labute approximate surface area is 139 Å². The predicted molar refractivity (Wildman–Crippen MR) is 94.7 cm³/mol. The standard InChI is InChI=1S/C19H29N3O/c20-11-10-19(23)22-14-12-21(13-15-22)18-8-6-17(7-9-18)16-4-2-1-3-5-16/h6-9,16H,1-5,10-15,20H2. The van der Waals surface area contributed by atoms with Crippen LogP contribution in [0.4, 0.5) is 5.69 Å². The van der Waals surface area contributed by atoms with Gasteiger partial charge < -0.3 is 15.5 Å². The molecule has 1 heterocycles. The molecule has 0 aromatic heterocycles. The molecule has 0 atom stereocenters. The number of anilines is 1. The minimum Gasteiger partial charge on any atom is -0.368 e. The zero-order chi connectivity index (χ0) is 16.1. The van der Waals surface area contributed by atoms with Crippen molar-refractivity contribution in [2.45, 2.75) is 44.4 Å². The van der Waals surface area contributed by atoms with Gasteiger partial charge in [-0.2, -0.15) is 0 Å². The van der Waals surface area contributed by atoms with Crippen molar-refractivity contribution in [1.82, 2.24) is 4.90 Å². The van der Waals surface area contributed by atoms with Gasteiger partial charge in [0.05, 0.1) is 0 Å². The molecule has 1 aliphatic heterocycles. The Morgan fingerprint density at radius 2 is 1.65 bits per heavy atom. The van der Waals surface area contributed by atoms with Crippen LogP contribution in [0.3, 0.4) is 0 Å². The number of rotatable bonds is 4. The molecule has 0 bridgehead atoms. The van der Waals surface area contributed by atoms with Crippen LogP contribution in [0.15, 0.2) is 24.3 Å². The van der Waals surface area contributed by atoms with Gasteiger partial charge in [0.25, 0.3) is 0 Å². The molecule has 3 rings (SSSR count). The molecule has 4 heteroatoms. The Hall–Kier alpha value is -1.55. The molecule has 2 N–H and O–H groups in total. The second-order valence-electron chi connectivity index (χ2n) is 6.83. The summed E-state index contributed by atoms with van der Waals surface area (Å²) in [5, 5.41) is 0. The first-order chi connectivity index (χ1) is 11.3. The summed E-state index contributed by atoms with van der Waals surface area (Å²) in [6, 6.07) is 9.16. The minimum atomic E-state index is 0.194. The first kappa shape index (κ1) is 16.3. The minimum absolute atomic E-state index is 0.194. The first-order valence-electron chi connectivity index (χ1n) is 9.10. The molecule has 2 aliphatic rings. The summed E-state index contributed by atoms with van der Waals surface area (Å²) in [4.78, 5) is 16.2. The fraction of sp³-hybridized carbons (Fsp3) is 0.632. The number of amides is 1. The van der Waals surface area contributed by atoms with E-state index in [0.29, 0.717) is 13.0 Å². The normalized spacial score (nSPS) is 19.9. The molecule has 1 aliphatic carbocycles. The molecule has 1 saturated heterocycles. The van der Waals surface area contributed by atoms with Crippen molar-refractivity contribution >= 4 is 11.6 Å². The van der Waals surface area contributed by atoms with E-state index in [4.69, 9.17) is 5.73 Å². The van der Waals surface area contributed by atoms with Gasteiger partial charge >= 0.3 is 0 Å². The number of nitrogens with zero attached hydrogens (tertiary/aromatic N) is 2. The van der Waals surface area contributed by atoms with Gasteiger partial charge in [-0.25, -0.2) is 0 Å². The second-order valence-corrected chi connectivity index (χ2v) is 6.83. The predicted octanol–water partition coefficient (Wildman–Crippen LogP) is 2.73. The third-order valence-electron chi connectivity index (χ3n) is 5.33. The highest BCUT2D eigenvalue weighted by molar-refractivity contribution is 5.76. The summed E-state index contributed by atoms with van der Waals surface area (Å²) < 4.78 is 0. The lowest BCUT2D eigenvalue weighted by Crippen LogP contribution is -2.49. The van der Waals surface area contributed by atoms with Crippen LogP contribution in [0.1, 0.15) is 50.0 Å². The van der Waals surface area contributed by atoms with Gasteiger partial charge in [-0.3, -0.25) is 4.79 Å². The molecule has 0 radical (unpaired) electrons. The van der Waals surface area contributed by atoms with Crippen molar-refractivity contribution in [2.75, 3.05) is 37.6 Å². The van der Waals surface area contributed by atoms with E-state index in [1.807, 2.05) is 4.90 Å². The lowest BCUT2D eigenvalue weighted by molar-refractivity contribution is -0.131. The number of nitrogens with two attached hydrogens (primary N) is 1. The van der Waals surface area contributed by atoms with Crippen LogP contribution >= 0.6 is 0 Å². The zero-order valence-electron chi connectivity index (χ0n) is 14.0. The number of hydrogen-bond donors (Lipinski definition) is 1. The largest absolute Gasteiger partial charge is 0.368 e. The average Bonchev–Trinajstić information content (AvgIpc) is 2.63. The molecular weight excluding hydrogens is 286 g/mol. The quantitative estimate of drug-likeness (QED) is 0.929. The highest BCUT2D eigenvalue weighted by atomic mass is 16.2. The van der Waals surface area contributed by atoms with Crippen molar-refractivity contribution in [1.29, 1.82) is 0 Å². The van der Waals surface area contributed by atoms with E-state index in [1.165, 1.54) is 43.4 Å². The monoisotopic (exact) mass is 315 g/mol. The van der Waals surface area contributed by atoms with Crippen molar-refractivity contribution < 1.29 is 4.79 Å². The van der Waals surface area contributed by atoms with Crippen LogP contribution in [-0.4, -0.2) is 43.5 Å². The van der Waals surface area contributed by atoms with Crippen molar-refractivity contribution in [3.8, 4) is 0 Å². The summed E-state index contributed by atoms with van der Waals surface area (Å²) in [5.74, 6) is 0.961. The number of hydrogen-bond acceptors (Lipinski definition) is 3. The van der Waals surface area contributed by atoms with E-state index >= 15 is 0 Å². The lowest BCUT2D eigenvalue weighted by atomic mass is 9.84. The van der Waals surface area contributed by atoms with Crippen LogP contribution in [0.25, 0.3) is 0 Å². The van der Waals surface area contributed by atoms with E-state index in [2.05, 4.69) is 29.2 Å². The van der Waals surface area contributed by atoms with Crippen LogP contribution in [0.5, 0.6) is 0 Å². The van der Waals surface area contributed by atoms with E-state index in [1.54, 1.807) is 0 Å². The maximum absolute atomic E-state index is 11.9. The van der Waals surface area contributed by atoms with Crippen LogP contribution in [0, 0.1) is 0 Å². The van der Waals surface area contributed by atoms with Gasteiger partial charge in [-0.1, -0.05) is 31.4 Å². The SMILES string of the molecule is NCCC(=O)N1CCN(c2ccc(C3CCCCC3)cc2)CC1. The van der Waals surface area contributed by atoms with E-state index < -0.39 is 0 Å². The highest BCUT2D eigenvalue weighted by Crippen LogP contribution is 2.33. The molecule has 4 nitrogen and oxygen atoms in total. The molecule has 1 aromatic carbocycles. The fourth-order valence-corrected chi connectivity index (χ4v) is 3.89. The highest BCUT2D eigenvalue weighted by Gasteiger charge is 2.21. The smallest absolute Gasteiger partial charge is 0.223 e. The van der Waals surface area contributed by atoms with Gasteiger partial charge in [0.1, 0.15) is 0 Å². The van der Waals surface area contributed by atoms with E-state index in [-0.39, 0.29) is 5.91 Å². The molecule has 126 valence electrons. The maximum atomic E-state index is 11.9. The zero-order valence-corrected chi connectivity index (χ0v) is 14.0. The number of benzene rings is 1. The van der Waals surface area contributed by atoms with E-state index in [0.717, 1.165) is 32.1 Å². The van der Waals surface area contributed by atoms with Gasteiger partial charge in [0.2, 0.25) is 5.91 Å². The average molecular weight is 315 g/mol. The Balaban J connectivity index is 1.55. The van der Waals surface area contributed by atoms with Crippen LogP contribution in [0.2, 0.25) is 0 Å². The number of carbonyl (C=O) groups excluding carboxylic acids is 1. The maximum Gasteiger partial charge on any atom is 0.223 e. The van der Waals surface area contributed by atoms with E-state index in [9.17, 15) is 4.79 Å². The summed E-state index contributed by atoms with van der Waals surface area (Å²) in [7, 11) is 0. The lowest BCUT2D eigenvalue weighted by Gasteiger charge is -2.36. The summed E-state index contributed by atoms with van der Waals surface area (Å²) in [6.07, 6.45) is 7.33. The van der Waals surface area contributed by atoms with Crippen molar-refractivity contribution in [3.05, 3.63) is 29.8 Å². The molecule has 1 amide bonds. The van der Waals surface area contributed by atoms with Crippen molar-refractivity contribution in [2.24, 2.45) is 5.73 Å². The first-order valence-corrected chi connectivity index (χ1v) is 9.10. The summed E-state index contributed by atoms with van der Waals surface area (Å²) in [6.45, 7) is 3.90. The molecule has 1 aromatic rings. The van der Waals surface area contributed by atoms with Gasteiger partial charge in [-0.15, -0.1) is 0 Å². The summed E-state index contributed by atoms with van der Waals surface area (Å²) >= 11 is 0. The number of carbonyl (C=O) groups is 1. The molecule has 23 heavy (non-hydrogen) atoms. The molecule has 2 fully saturated rings. The second kappa shape index (κ2) is 7.82. The van der Waals surface area contributed by atoms with Gasteiger partial charge in [0, 0.05) is 44.8 Å². The van der Waals surface area contributed by atoms with Crippen molar-refractivity contribution in [3.63, 3.8) is 0 Å². The Morgan fingerprint density at radius 1 is 1.00 bits per heavy atom. The Bertz CT molecular complexity index is 500. The molecule has 0 spiro atoms. The third kappa shape index (κ3) is 4.05. The van der Waals surface area contributed by atoms with Gasteiger partial charge in [-0.05, 0) is 36.5 Å². The molecule has 1 saturated carbocycles. The molecule has 0 unspecified atom stereocenters. The van der Waals surface area contributed by atoms with Crippen LogP contribution in [-0.2, 0) is 4.79 Å². The Morgan fingerprint density at radius 3 is 2.26 bits per heavy atom. The third-order valence-corrected chi connectivity index (χ3v) is 5.33. The van der Waals surface area contributed by atoms with Crippen LogP contribution < -0.4 is 10.6 Å². The topological polar surface area (TPSA) is 49.6 Å². The molecular formula is C19H29N3O. The van der Waals surface area contributed by atoms with Gasteiger partial charge in [0.15, 0.2) is 0 Å². The Kier molecular flexibility index (Phi) is 5.55. The number of piperazine rings is 1.